The fraction of sp³-hybridized carbons (Fsp3) is 0.231. The summed E-state index contributed by atoms with van der Waals surface area (Å²) in [4.78, 5) is 27.8. The Morgan fingerprint density at radius 1 is 0.917 bits per heavy atom. The maximum absolute atomic E-state index is 13.8. The minimum Gasteiger partial charge on any atom is -0.357 e. The third-order valence-electron chi connectivity index (χ3n) is 5.66. The number of nitrogens with zero attached hydrogens (tertiary/aromatic N) is 2. The molecule has 0 unspecified atom stereocenters. The maximum Gasteiger partial charge on any atom is 0.264 e. The molecule has 36 heavy (non-hydrogen) atoms. The van der Waals surface area contributed by atoms with E-state index in [2.05, 4.69) is 5.32 Å². The van der Waals surface area contributed by atoms with Gasteiger partial charge in [-0.1, -0.05) is 66.5 Å². The van der Waals surface area contributed by atoms with Crippen molar-refractivity contribution in [3.63, 3.8) is 0 Å². The molecule has 0 aliphatic carbocycles. The second kappa shape index (κ2) is 12.3. The van der Waals surface area contributed by atoms with Crippen molar-refractivity contribution in [3.05, 3.63) is 94.5 Å². The van der Waals surface area contributed by atoms with E-state index in [4.69, 9.17) is 23.2 Å². The number of sulfonamides is 1. The van der Waals surface area contributed by atoms with Gasteiger partial charge in [-0.25, -0.2) is 8.42 Å². The molecule has 3 aromatic rings. The monoisotopic (exact) mass is 547 g/mol. The molecule has 0 spiro atoms. The molecule has 10 heteroatoms. The molecule has 190 valence electrons. The van der Waals surface area contributed by atoms with Crippen molar-refractivity contribution in [1.29, 1.82) is 0 Å². The Labute approximate surface area is 221 Å². The van der Waals surface area contributed by atoms with Gasteiger partial charge < -0.3 is 10.2 Å². The standard InChI is InChI=1S/C26H27Cl2N3O4S/c1-3-24(26(33)29-2)30(17-19-9-7-8-12-23(19)28)25(32)18-31(21-10-5-4-6-11-21)36(34,35)22-15-13-20(27)14-16-22/h4-16,24H,3,17-18H2,1-2H3,(H,29,33)/t24-/m0/s1. The topological polar surface area (TPSA) is 86.8 Å². The van der Waals surface area contributed by atoms with Gasteiger partial charge in [0.15, 0.2) is 0 Å². The van der Waals surface area contributed by atoms with Crippen LogP contribution in [-0.4, -0.2) is 44.8 Å². The maximum atomic E-state index is 13.8. The molecule has 1 atom stereocenters. The molecule has 0 saturated heterocycles. The number of carbonyl (C=O) groups excluding carboxylic acids is 2. The van der Waals surface area contributed by atoms with Gasteiger partial charge in [0.05, 0.1) is 10.6 Å². The van der Waals surface area contributed by atoms with Crippen molar-refractivity contribution in [2.24, 2.45) is 0 Å². The zero-order valence-corrected chi connectivity index (χ0v) is 22.2. The second-order valence-corrected chi connectivity index (χ2v) is 10.7. The van der Waals surface area contributed by atoms with Crippen molar-refractivity contribution < 1.29 is 18.0 Å². The summed E-state index contributed by atoms with van der Waals surface area (Å²) in [5.74, 6) is -0.906. The van der Waals surface area contributed by atoms with Crippen LogP contribution < -0.4 is 9.62 Å². The van der Waals surface area contributed by atoms with E-state index in [0.717, 1.165) is 4.31 Å². The number of carbonyl (C=O) groups is 2. The Bertz CT molecular complexity index is 1300. The Balaban J connectivity index is 2.04. The van der Waals surface area contributed by atoms with E-state index in [1.165, 1.54) is 36.2 Å². The molecule has 3 rings (SSSR count). The lowest BCUT2D eigenvalue weighted by Crippen LogP contribution is -2.51. The van der Waals surface area contributed by atoms with Crippen LogP contribution in [0.3, 0.4) is 0 Å². The molecule has 0 radical (unpaired) electrons. The van der Waals surface area contributed by atoms with E-state index in [0.29, 0.717) is 27.7 Å². The van der Waals surface area contributed by atoms with Gasteiger partial charge in [0.1, 0.15) is 12.6 Å². The largest absolute Gasteiger partial charge is 0.357 e. The first kappa shape index (κ1) is 27.5. The molecule has 0 bridgehead atoms. The summed E-state index contributed by atoms with van der Waals surface area (Å²) in [6.45, 7) is 1.30. The number of halogens is 2. The van der Waals surface area contributed by atoms with Crippen LogP contribution in [0.1, 0.15) is 18.9 Å². The van der Waals surface area contributed by atoms with Gasteiger partial charge in [-0.2, -0.15) is 0 Å². The van der Waals surface area contributed by atoms with Crippen LogP contribution in [0.25, 0.3) is 0 Å². The third-order valence-corrected chi connectivity index (χ3v) is 8.06. The van der Waals surface area contributed by atoms with Gasteiger partial charge in [0.25, 0.3) is 10.0 Å². The van der Waals surface area contributed by atoms with E-state index in [1.807, 2.05) is 0 Å². The van der Waals surface area contributed by atoms with E-state index in [9.17, 15) is 18.0 Å². The minimum absolute atomic E-state index is 0.0143. The van der Waals surface area contributed by atoms with Crippen LogP contribution in [-0.2, 0) is 26.2 Å². The first-order valence-corrected chi connectivity index (χ1v) is 13.5. The molecule has 0 aromatic heterocycles. The molecule has 7 nitrogen and oxygen atoms in total. The van der Waals surface area contributed by atoms with Crippen molar-refractivity contribution in [2.45, 2.75) is 30.8 Å². The van der Waals surface area contributed by atoms with Gasteiger partial charge in [0.2, 0.25) is 11.8 Å². The van der Waals surface area contributed by atoms with E-state index < -0.39 is 28.5 Å². The lowest BCUT2D eigenvalue weighted by molar-refractivity contribution is -0.140. The summed E-state index contributed by atoms with van der Waals surface area (Å²) in [7, 11) is -2.65. The van der Waals surface area contributed by atoms with Crippen LogP contribution >= 0.6 is 23.2 Å². The predicted octanol–water partition coefficient (Wildman–Crippen LogP) is 4.74. The Kier molecular flexibility index (Phi) is 9.37. The number of amides is 2. The summed E-state index contributed by atoms with van der Waals surface area (Å²) in [6.07, 6.45) is 0.325. The zero-order chi connectivity index (χ0) is 26.3. The van der Waals surface area contributed by atoms with Gasteiger partial charge in [0, 0.05) is 23.6 Å². The van der Waals surface area contributed by atoms with Crippen molar-refractivity contribution in [2.75, 3.05) is 17.9 Å². The Hall–Kier alpha value is -3.07. The molecular formula is C26H27Cl2N3O4S. The van der Waals surface area contributed by atoms with E-state index in [1.54, 1.807) is 61.5 Å². The molecule has 0 saturated carbocycles. The first-order chi connectivity index (χ1) is 17.2. The van der Waals surface area contributed by atoms with Crippen LogP contribution in [0, 0.1) is 0 Å². The average Bonchev–Trinajstić information content (AvgIpc) is 2.88. The molecule has 2 amide bonds. The van der Waals surface area contributed by atoms with Gasteiger partial charge in [-0.15, -0.1) is 0 Å². The molecule has 0 aliphatic rings. The Morgan fingerprint density at radius 2 is 1.53 bits per heavy atom. The number of hydrogen-bond donors (Lipinski definition) is 1. The van der Waals surface area contributed by atoms with Gasteiger partial charge in [-0.05, 0) is 54.4 Å². The average molecular weight is 548 g/mol. The van der Waals surface area contributed by atoms with Crippen LogP contribution in [0.15, 0.2) is 83.8 Å². The van der Waals surface area contributed by atoms with E-state index >= 15 is 0 Å². The van der Waals surface area contributed by atoms with Crippen LogP contribution in [0.5, 0.6) is 0 Å². The quantitative estimate of drug-likeness (QED) is 0.397. The van der Waals surface area contributed by atoms with E-state index in [-0.39, 0.29) is 17.3 Å². The first-order valence-electron chi connectivity index (χ1n) is 11.3. The Morgan fingerprint density at radius 3 is 2.11 bits per heavy atom. The number of nitrogens with one attached hydrogen (secondary N) is 1. The van der Waals surface area contributed by atoms with Crippen molar-refractivity contribution in [1.82, 2.24) is 10.2 Å². The number of anilines is 1. The highest BCUT2D eigenvalue weighted by atomic mass is 35.5. The highest BCUT2D eigenvalue weighted by Gasteiger charge is 2.33. The van der Waals surface area contributed by atoms with Crippen molar-refractivity contribution >= 4 is 50.7 Å². The zero-order valence-electron chi connectivity index (χ0n) is 19.9. The van der Waals surface area contributed by atoms with Crippen LogP contribution in [0.4, 0.5) is 5.69 Å². The molecular weight excluding hydrogens is 521 g/mol. The predicted molar refractivity (Wildman–Crippen MR) is 143 cm³/mol. The van der Waals surface area contributed by atoms with Gasteiger partial charge in [-0.3, -0.25) is 13.9 Å². The SMILES string of the molecule is CC[C@@H](C(=O)NC)N(Cc1ccccc1Cl)C(=O)CN(c1ccccc1)S(=O)(=O)c1ccc(Cl)cc1. The number of likely N-dealkylation sites (N-methyl/N-ethyl adjacent to an activating group) is 1. The molecule has 0 fully saturated rings. The summed E-state index contributed by atoms with van der Waals surface area (Å²) in [6, 6.07) is 20.2. The van der Waals surface area contributed by atoms with Crippen LogP contribution in [0.2, 0.25) is 10.0 Å². The molecule has 1 N–H and O–H groups in total. The smallest absolute Gasteiger partial charge is 0.264 e. The second-order valence-electron chi connectivity index (χ2n) is 7.95. The minimum atomic E-state index is -4.14. The summed E-state index contributed by atoms with van der Waals surface area (Å²) in [5.41, 5.74) is 0.952. The normalized spacial score (nSPS) is 12.0. The lowest BCUT2D eigenvalue weighted by Gasteiger charge is -2.33. The molecule has 0 aliphatic heterocycles. The van der Waals surface area contributed by atoms with Crippen molar-refractivity contribution in [3.8, 4) is 0 Å². The summed E-state index contributed by atoms with van der Waals surface area (Å²) >= 11 is 12.3. The fourth-order valence-corrected chi connectivity index (χ4v) is 5.49. The fourth-order valence-electron chi connectivity index (χ4n) is 3.75. The highest BCUT2D eigenvalue weighted by molar-refractivity contribution is 7.92. The number of benzene rings is 3. The molecule has 3 aromatic carbocycles. The molecule has 0 heterocycles. The number of rotatable bonds is 10. The number of para-hydroxylation sites is 1. The third kappa shape index (κ3) is 6.37. The number of hydrogen-bond acceptors (Lipinski definition) is 4. The lowest BCUT2D eigenvalue weighted by atomic mass is 10.1. The summed E-state index contributed by atoms with van der Waals surface area (Å²) < 4.78 is 28.3. The van der Waals surface area contributed by atoms with Gasteiger partial charge >= 0.3 is 0 Å². The summed E-state index contributed by atoms with van der Waals surface area (Å²) in [5, 5.41) is 3.42. The highest BCUT2D eigenvalue weighted by Crippen LogP contribution is 2.26.